The molecule has 0 radical (unpaired) electrons. The molecule has 7 heteroatoms. The molecule has 2 aromatic rings. The SMILES string of the molecule is COc1ccc(-c2nc(C(=O)NC3CCN(C(=O)C(C)C)CC3)cs2)cc1. The van der Waals surface area contributed by atoms with Crippen LogP contribution in [-0.4, -0.2) is 47.9 Å². The molecule has 0 unspecified atom stereocenters. The molecule has 0 atom stereocenters. The van der Waals surface area contributed by atoms with Crippen molar-refractivity contribution in [2.45, 2.75) is 32.7 Å². The van der Waals surface area contributed by atoms with E-state index in [-0.39, 0.29) is 23.8 Å². The van der Waals surface area contributed by atoms with Gasteiger partial charge in [-0.15, -0.1) is 11.3 Å². The number of hydrogen-bond donors (Lipinski definition) is 1. The number of rotatable bonds is 5. The molecule has 0 aliphatic carbocycles. The highest BCUT2D eigenvalue weighted by Crippen LogP contribution is 2.26. The molecule has 0 saturated carbocycles. The van der Waals surface area contributed by atoms with Crippen LogP contribution >= 0.6 is 11.3 Å². The van der Waals surface area contributed by atoms with Crippen LogP contribution in [0.2, 0.25) is 0 Å². The summed E-state index contributed by atoms with van der Waals surface area (Å²) in [6.07, 6.45) is 1.55. The van der Waals surface area contributed by atoms with E-state index in [9.17, 15) is 9.59 Å². The maximum absolute atomic E-state index is 12.5. The molecular weight excluding hydrogens is 362 g/mol. The van der Waals surface area contributed by atoms with Gasteiger partial charge in [0.1, 0.15) is 16.5 Å². The molecule has 2 heterocycles. The minimum Gasteiger partial charge on any atom is -0.497 e. The summed E-state index contributed by atoms with van der Waals surface area (Å²) >= 11 is 1.45. The number of hydrogen-bond acceptors (Lipinski definition) is 5. The van der Waals surface area contributed by atoms with E-state index in [1.165, 1.54) is 11.3 Å². The van der Waals surface area contributed by atoms with Gasteiger partial charge in [-0.2, -0.15) is 0 Å². The maximum Gasteiger partial charge on any atom is 0.270 e. The van der Waals surface area contributed by atoms with E-state index < -0.39 is 0 Å². The average Bonchev–Trinajstić information content (AvgIpc) is 3.18. The number of ether oxygens (including phenoxy) is 1. The van der Waals surface area contributed by atoms with Gasteiger partial charge < -0.3 is 15.0 Å². The number of likely N-dealkylation sites (tertiary alicyclic amines) is 1. The molecule has 1 aromatic heterocycles. The van der Waals surface area contributed by atoms with Crippen LogP contribution in [0.15, 0.2) is 29.6 Å². The third-order valence-electron chi connectivity index (χ3n) is 4.71. The molecule has 1 saturated heterocycles. The van der Waals surface area contributed by atoms with Crippen LogP contribution in [0.3, 0.4) is 0 Å². The smallest absolute Gasteiger partial charge is 0.270 e. The van der Waals surface area contributed by atoms with E-state index in [0.29, 0.717) is 18.8 Å². The Morgan fingerprint density at radius 1 is 1.22 bits per heavy atom. The molecule has 1 fully saturated rings. The summed E-state index contributed by atoms with van der Waals surface area (Å²) in [5.41, 5.74) is 1.40. The Bertz CT molecular complexity index is 793. The molecule has 27 heavy (non-hydrogen) atoms. The van der Waals surface area contributed by atoms with Crippen molar-refractivity contribution in [3.63, 3.8) is 0 Å². The lowest BCUT2D eigenvalue weighted by Crippen LogP contribution is -2.47. The van der Waals surface area contributed by atoms with Gasteiger partial charge in [0, 0.05) is 36.0 Å². The fraction of sp³-hybridized carbons (Fsp3) is 0.450. The molecule has 1 N–H and O–H groups in total. The zero-order valence-electron chi connectivity index (χ0n) is 15.9. The van der Waals surface area contributed by atoms with Crippen LogP contribution in [0.5, 0.6) is 5.75 Å². The lowest BCUT2D eigenvalue weighted by atomic mass is 10.0. The molecule has 0 bridgehead atoms. The van der Waals surface area contributed by atoms with Crippen molar-refractivity contribution in [3.05, 3.63) is 35.3 Å². The number of nitrogens with one attached hydrogen (secondary N) is 1. The molecule has 2 amide bonds. The van der Waals surface area contributed by atoms with Crippen LogP contribution in [0.4, 0.5) is 0 Å². The first-order valence-electron chi connectivity index (χ1n) is 9.17. The van der Waals surface area contributed by atoms with Gasteiger partial charge in [0.2, 0.25) is 5.91 Å². The van der Waals surface area contributed by atoms with Gasteiger partial charge in [0.15, 0.2) is 0 Å². The first-order valence-corrected chi connectivity index (χ1v) is 10.1. The number of thiazole rings is 1. The quantitative estimate of drug-likeness (QED) is 0.855. The number of methoxy groups -OCH3 is 1. The van der Waals surface area contributed by atoms with Gasteiger partial charge in [-0.05, 0) is 37.1 Å². The average molecular weight is 388 g/mol. The van der Waals surface area contributed by atoms with Crippen LogP contribution in [-0.2, 0) is 4.79 Å². The normalized spacial score (nSPS) is 15.0. The van der Waals surface area contributed by atoms with Gasteiger partial charge in [-0.3, -0.25) is 9.59 Å². The molecule has 1 aromatic carbocycles. The number of piperidine rings is 1. The number of nitrogens with zero attached hydrogens (tertiary/aromatic N) is 2. The second-order valence-electron chi connectivity index (χ2n) is 6.99. The monoisotopic (exact) mass is 387 g/mol. The molecule has 0 spiro atoms. The van der Waals surface area contributed by atoms with Crippen LogP contribution < -0.4 is 10.1 Å². The predicted molar refractivity (Wildman–Crippen MR) is 106 cm³/mol. The third-order valence-corrected chi connectivity index (χ3v) is 5.60. The third kappa shape index (κ3) is 4.66. The fourth-order valence-electron chi connectivity index (χ4n) is 3.11. The van der Waals surface area contributed by atoms with Crippen molar-refractivity contribution < 1.29 is 14.3 Å². The Morgan fingerprint density at radius 3 is 2.48 bits per heavy atom. The summed E-state index contributed by atoms with van der Waals surface area (Å²) in [5.74, 6) is 0.834. The summed E-state index contributed by atoms with van der Waals surface area (Å²) in [6, 6.07) is 7.70. The minimum absolute atomic E-state index is 0.0162. The topological polar surface area (TPSA) is 71.5 Å². The second-order valence-corrected chi connectivity index (χ2v) is 7.85. The number of carbonyl (C=O) groups is 2. The highest BCUT2D eigenvalue weighted by molar-refractivity contribution is 7.13. The van der Waals surface area contributed by atoms with E-state index in [0.717, 1.165) is 29.2 Å². The first kappa shape index (κ1) is 19.4. The van der Waals surface area contributed by atoms with Crippen molar-refractivity contribution in [2.24, 2.45) is 5.92 Å². The Morgan fingerprint density at radius 2 is 1.89 bits per heavy atom. The predicted octanol–water partition coefficient (Wildman–Crippen LogP) is 3.20. The van der Waals surface area contributed by atoms with Crippen molar-refractivity contribution in [3.8, 4) is 16.3 Å². The summed E-state index contributed by atoms with van der Waals surface area (Å²) in [4.78, 5) is 30.9. The Hall–Kier alpha value is -2.41. The number of carbonyl (C=O) groups excluding carboxylic acids is 2. The molecule has 144 valence electrons. The number of benzene rings is 1. The lowest BCUT2D eigenvalue weighted by molar-refractivity contribution is -0.135. The number of amides is 2. The molecule has 1 aliphatic rings. The Labute approximate surface area is 163 Å². The number of aromatic nitrogens is 1. The molecule has 6 nitrogen and oxygen atoms in total. The van der Waals surface area contributed by atoms with Crippen LogP contribution in [0.25, 0.3) is 10.6 Å². The van der Waals surface area contributed by atoms with Gasteiger partial charge in [-0.1, -0.05) is 13.8 Å². The van der Waals surface area contributed by atoms with Crippen LogP contribution in [0, 0.1) is 5.92 Å². The summed E-state index contributed by atoms with van der Waals surface area (Å²) < 4.78 is 5.16. The van der Waals surface area contributed by atoms with E-state index in [1.807, 2.05) is 43.0 Å². The van der Waals surface area contributed by atoms with Gasteiger partial charge in [0.05, 0.1) is 7.11 Å². The Balaban J connectivity index is 1.56. The zero-order valence-corrected chi connectivity index (χ0v) is 16.7. The zero-order chi connectivity index (χ0) is 19.4. The van der Waals surface area contributed by atoms with Gasteiger partial charge in [0.25, 0.3) is 5.91 Å². The Kier molecular flexibility index (Phi) is 6.11. The van der Waals surface area contributed by atoms with Gasteiger partial charge in [-0.25, -0.2) is 4.98 Å². The molecular formula is C20H25N3O3S. The van der Waals surface area contributed by atoms with Gasteiger partial charge >= 0.3 is 0 Å². The minimum atomic E-state index is -0.153. The van der Waals surface area contributed by atoms with Crippen LogP contribution in [0.1, 0.15) is 37.2 Å². The molecule has 1 aliphatic heterocycles. The van der Waals surface area contributed by atoms with Crippen molar-refractivity contribution >= 4 is 23.2 Å². The highest BCUT2D eigenvalue weighted by Gasteiger charge is 2.25. The lowest BCUT2D eigenvalue weighted by Gasteiger charge is -2.33. The maximum atomic E-state index is 12.5. The summed E-state index contributed by atoms with van der Waals surface area (Å²) in [7, 11) is 1.63. The van der Waals surface area contributed by atoms with E-state index >= 15 is 0 Å². The largest absolute Gasteiger partial charge is 0.497 e. The van der Waals surface area contributed by atoms with E-state index in [1.54, 1.807) is 12.5 Å². The van der Waals surface area contributed by atoms with E-state index in [2.05, 4.69) is 10.3 Å². The highest BCUT2D eigenvalue weighted by atomic mass is 32.1. The first-order chi connectivity index (χ1) is 13.0. The summed E-state index contributed by atoms with van der Waals surface area (Å²) in [5, 5.41) is 5.64. The summed E-state index contributed by atoms with van der Waals surface area (Å²) in [6.45, 7) is 5.21. The van der Waals surface area contributed by atoms with Crippen molar-refractivity contribution in [2.75, 3.05) is 20.2 Å². The van der Waals surface area contributed by atoms with Crippen molar-refractivity contribution in [1.29, 1.82) is 0 Å². The second kappa shape index (κ2) is 8.52. The van der Waals surface area contributed by atoms with Crippen molar-refractivity contribution in [1.82, 2.24) is 15.2 Å². The molecule has 3 rings (SSSR count). The fourth-order valence-corrected chi connectivity index (χ4v) is 3.92. The standard InChI is InChI=1S/C20H25N3O3S/c1-13(2)20(25)23-10-8-15(9-11-23)21-18(24)17-12-27-19(22-17)14-4-6-16(26-3)7-5-14/h4-7,12-13,15H,8-11H2,1-3H3,(H,21,24). The van der Waals surface area contributed by atoms with E-state index in [4.69, 9.17) is 4.74 Å².